The fourth-order valence-corrected chi connectivity index (χ4v) is 4.53. The van der Waals surface area contributed by atoms with Crippen molar-refractivity contribution in [1.82, 2.24) is 14.3 Å². The zero-order valence-electron chi connectivity index (χ0n) is 14.7. The molecule has 0 atom stereocenters. The topological polar surface area (TPSA) is 95.2 Å². The van der Waals surface area contributed by atoms with Gasteiger partial charge in [-0.05, 0) is 31.1 Å². The number of fused-ring (bicyclic) bond motifs is 1. The molecule has 28 heavy (non-hydrogen) atoms. The van der Waals surface area contributed by atoms with Crippen molar-refractivity contribution in [3.8, 4) is 0 Å². The van der Waals surface area contributed by atoms with Gasteiger partial charge >= 0.3 is 5.97 Å². The molecule has 2 aliphatic heterocycles. The first-order valence-corrected chi connectivity index (χ1v) is 9.91. The Morgan fingerprint density at radius 3 is 2.75 bits per heavy atom. The van der Waals surface area contributed by atoms with Crippen LogP contribution in [0.3, 0.4) is 0 Å². The molecule has 144 valence electrons. The van der Waals surface area contributed by atoms with E-state index in [9.17, 15) is 14.4 Å². The average molecular weight is 416 g/mol. The molecule has 8 nitrogen and oxygen atoms in total. The number of anilines is 1. The van der Waals surface area contributed by atoms with Gasteiger partial charge in [-0.1, -0.05) is 30.0 Å². The van der Waals surface area contributed by atoms with Crippen molar-refractivity contribution in [2.45, 2.75) is 12.8 Å². The number of thiocarbonyl (C=S) groups is 1. The van der Waals surface area contributed by atoms with Gasteiger partial charge in [0.25, 0.3) is 11.5 Å². The SMILES string of the molecule is O=C(O)CN1C(=O)C(=Cc2c(N3CCCC3)nc3ccccn3c2=O)SC1=S. The summed E-state index contributed by atoms with van der Waals surface area (Å²) in [7, 11) is 0. The Morgan fingerprint density at radius 2 is 2.04 bits per heavy atom. The molecular formula is C18H16N4O4S2. The van der Waals surface area contributed by atoms with Gasteiger partial charge in [-0.15, -0.1) is 0 Å². The molecule has 0 radical (unpaired) electrons. The fourth-order valence-electron chi connectivity index (χ4n) is 3.29. The quantitative estimate of drug-likeness (QED) is 0.593. The first-order chi connectivity index (χ1) is 13.5. The number of hydrogen-bond donors (Lipinski definition) is 1. The molecule has 0 aliphatic carbocycles. The van der Waals surface area contributed by atoms with Gasteiger partial charge in [0.2, 0.25) is 0 Å². The number of hydrogen-bond acceptors (Lipinski definition) is 7. The predicted octanol–water partition coefficient (Wildman–Crippen LogP) is 1.58. The second-order valence-corrected chi connectivity index (χ2v) is 8.11. The molecule has 1 N–H and O–H groups in total. The van der Waals surface area contributed by atoms with Crippen molar-refractivity contribution in [2.24, 2.45) is 0 Å². The van der Waals surface area contributed by atoms with Gasteiger partial charge in [0.1, 0.15) is 22.3 Å². The Hall–Kier alpha value is -2.72. The summed E-state index contributed by atoms with van der Waals surface area (Å²) in [4.78, 5) is 44.7. The lowest BCUT2D eigenvalue weighted by Crippen LogP contribution is -2.33. The maximum atomic E-state index is 13.1. The van der Waals surface area contributed by atoms with E-state index in [1.165, 1.54) is 10.5 Å². The van der Waals surface area contributed by atoms with Crippen LogP contribution in [-0.4, -0.2) is 55.2 Å². The highest BCUT2D eigenvalue weighted by Gasteiger charge is 2.34. The van der Waals surface area contributed by atoms with Crippen molar-refractivity contribution >= 4 is 57.7 Å². The number of aliphatic carboxylic acids is 1. The molecule has 0 aromatic carbocycles. The van der Waals surface area contributed by atoms with Crippen LogP contribution in [0.25, 0.3) is 11.7 Å². The molecule has 2 aliphatic rings. The second kappa shape index (κ2) is 7.36. The predicted molar refractivity (Wildman–Crippen MR) is 110 cm³/mol. The molecule has 1 amide bonds. The number of pyridine rings is 1. The summed E-state index contributed by atoms with van der Waals surface area (Å²) in [6.07, 6.45) is 5.14. The number of rotatable bonds is 4. The molecule has 2 aromatic heterocycles. The lowest BCUT2D eigenvalue weighted by molar-refractivity contribution is -0.140. The van der Waals surface area contributed by atoms with Crippen LogP contribution in [0.5, 0.6) is 0 Å². The Labute approximate surface area is 169 Å². The maximum Gasteiger partial charge on any atom is 0.323 e. The van der Waals surface area contributed by atoms with E-state index in [1.807, 2.05) is 11.0 Å². The van der Waals surface area contributed by atoms with Crippen molar-refractivity contribution in [1.29, 1.82) is 0 Å². The van der Waals surface area contributed by atoms with E-state index in [4.69, 9.17) is 17.3 Å². The third-order valence-electron chi connectivity index (χ3n) is 4.60. The van der Waals surface area contributed by atoms with E-state index in [-0.39, 0.29) is 14.8 Å². The van der Waals surface area contributed by atoms with Crippen LogP contribution in [0, 0.1) is 0 Å². The highest BCUT2D eigenvalue weighted by Crippen LogP contribution is 2.33. The zero-order chi connectivity index (χ0) is 19.8. The van der Waals surface area contributed by atoms with Crippen LogP contribution in [0.1, 0.15) is 18.4 Å². The lowest BCUT2D eigenvalue weighted by atomic mass is 10.2. The minimum absolute atomic E-state index is 0.162. The minimum atomic E-state index is -1.15. The number of amides is 1. The zero-order valence-corrected chi connectivity index (χ0v) is 16.3. The van der Waals surface area contributed by atoms with Gasteiger partial charge in [0.15, 0.2) is 0 Å². The van der Waals surface area contributed by atoms with Gasteiger partial charge < -0.3 is 10.0 Å². The number of thioether (sulfide) groups is 1. The highest BCUT2D eigenvalue weighted by molar-refractivity contribution is 8.26. The van der Waals surface area contributed by atoms with Gasteiger partial charge in [-0.25, -0.2) is 4.98 Å². The molecule has 0 bridgehead atoms. The largest absolute Gasteiger partial charge is 0.480 e. The van der Waals surface area contributed by atoms with Crippen LogP contribution in [0.2, 0.25) is 0 Å². The molecule has 0 saturated carbocycles. The van der Waals surface area contributed by atoms with E-state index in [2.05, 4.69) is 4.98 Å². The number of nitrogens with zero attached hydrogens (tertiary/aromatic N) is 4. The first-order valence-electron chi connectivity index (χ1n) is 8.69. The number of carboxylic acids is 1. The van der Waals surface area contributed by atoms with Crippen molar-refractivity contribution in [2.75, 3.05) is 24.5 Å². The summed E-state index contributed by atoms with van der Waals surface area (Å²) >= 11 is 6.13. The van der Waals surface area contributed by atoms with Crippen LogP contribution in [0.4, 0.5) is 5.82 Å². The number of aromatic nitrogens is 2. The van der Waals surface area contributed by atoms with Crippen molar-refractivity contribution < 1.29 is 14.7 Å². The number of carbonyl (C=O) groups is 2. The lowest BCUT2D eigenvalue weighted by Gasteiger charge is -2.19. The van der Waals surface area contributed by atoms with E-state index < -0.39 is 18.4 Å². The molecule has 2 saturated heterocycles. The molecule has 2 fully saturated rings. The third kappa shape index (κ3) is 3.29. The Bertz CT molecular complexity index is 1090. The average Bonchev–Trinajstić information content (AvgIpc) is 3.28. The van der Waals surface area contributed by atoms with E-state index >= 15 is 0 Å². The van der Waals surface area contributed by atoms with Gasteiger partial charge in [-0.2, -0.15) is 0 Å². The molecule has 4 rings (SSSR count). The van der Waals surface area contributed by atoms with Crippen molar-refractivity contribution in [3.05, 3.63) is 45.2 Å². The summed E-state index contributed by atoms with van der Waals surface area (Å²) in [5.74, 6) is -1.12. The highest BCUT2D eigenvalue weighted by atomic mass is 32.2. The summed E-state index contributed by atoms with van der Waals surface area (Å²) in [6, 6.07) is 5.31. The number of carboxylic acid groups (broad SMARTS) is 1. The number of carbonyl (C=O) groups excluding carboxylic acids is 1. The Kier molecular flexibility index (Phi) is 4.90. The monoisotopic (exact) mass is 416 g/mol. The molecule has 10 heteroatoms. The fraction of sp³-hybridized carbons (Fsp3) is 0.278. The van der Waals surface area contributed by atoms with E-state index in [0.29, 0.717) is 17.0 Å². The Morgan fingerprint density at radius 1 is 1.29 bits per heavy atom. The second-order valence-electron chi connectivity index (χ2n) is 6.44. The standard InChI is InChI=1S/C18H16N4O4S2/c23-14(24)10-22-17(26)12(28-18(22)27)9-11-15(20-6-3-4-7-20)19-13-5-1-2-8-21(13)16(11)25/h1-2,5,8-9H,3-4,6-7,10H2,(H,23,24). The van der Waals surface area contributed by atoms with E-state index in [1.54, 1.807) is 18.3 Å². The summed E-state index contributed by atoms with van der Waals surface area (Å²) in [6.45, 7) is 1.07. The summed E-state index contributed by atoms with van der Waals surface area (Å²) in [5, 5.41) is 8.98. The molecule has 0 spiro atoms. The van der Waals surface area contributed by atoms with Crippen molar-refractivity contribution in [3.63, 3.8) is 0 Å². The smallest absolute Gasteiger partial charge is 0.323 e. The van der Waals surface area contributed by atoms with Crippen LogP contribution in [0.15, 0.2) is 34.1 Å². The first kappa shape index (κ1) is 18.6. The maximum absolute atomic E-state index is 13.1. The molecule has 2 aromatic rings. The summed E-state index contributed by atoms with van der Waals surface area (Å²) in [5.41, 5.74) is 0.558. The normalized spacial score (nSPS) is 18.6. The minimum Gasteiger partial charge on any atom is -0.480 e. The third-order valence-corrected chi connectivity index (χ3v) is 5.97. The summed E-state index contributed by atoms with van der Waals surface area (Å²) < 4.78 is 1.60. The van der Waals surface area contributed by atoms with Crippen LogP contribution < -0.4 is 10.5 Å². The van der Waals surface area contributed by atoms with Gasteiger partial charge in [0, 0.05) is 19.3 Å². The Balaban J connectivity index is 1.85. The molecular weight excluding hydrogens is 400 g/mol. The van der Waals surface area contributed by atoms with Crippen LogP contribution >= 0.6 is 24.0 Å². The van der Waals surface area contributed by atoms with E-state index in [0.717, 1.165) is 42.6 Å². The molecule has 0 unspecified atom stereocenters. The van der Waals surface area contributed by atoms with Gasteiger partial charge in [0.05, 0.1) is 10.5 Å². The van der Waals surface area contributed by atoms with Crippen LogP contribution in [-0.2, 0) is 9.59 Å². The molecule has 4 heterocycles. The van der Waals surface area contributed by atoms with Gasteiger partial charge in [-0.3, -0.25) is 23.7 Å².